The molecule has 6 rings (SSSR count). The SMILES string of the molecule is Cc1c(Cc2cnc(N3CC[C@@H]4C(C(N)c5ccccc5F)[C@@H]4CC3)cn2)ccnc1-n1cccn1. The fourth-order valence-corrected chi connectivity index (χ4v) is 5.90. The lowest BCUT2D eigenvalue weighted by Gasteiger charge is -2.23. The molecule has 1 aromatic carbocycles. The predicted molar refractivity (Wildman–Crippen MR) is 136 cm³/mol. The molecule has 36 heavy (non-hydrogen) atoms. The van der Waals surface area contributed by atoms with E-state index in [1.165, 1.54) is 6.07 Å². The number of rotatable bonds is 6. The largest absolute Gasteiger partial charge is 0.355 e. The van der Waals surface area contributed by atoms with E-state index in [2.05, 4.69) is 21.9 Å². The highest BCUT2D eigenvalue weighted by atomic mass is 19.1. The number of nitrogens with zero attached hydrogens (tertiary/aromatic N) is 6. The van der Waals surface area contributed by atoms with Crippen molar-refractivity contribution in [1.29, 1.82) is 0 Å². The van der Waals surface area contributed by atoms with Crippen LogP contribution in [0.5, 0.6) is 0 Å². The van der Waals surface area contributed by atoms with Crippen LogP contribution in [0.15, 0.2) is 67.4 Å². The molecular formula is C28H30FN7. The summed E-state index contributed by atoms with van der Waals surface area (Å²) in [6.07, 6.45) is 12.0. The topological polar surface area (TPSA) is 85.8 Å². The van der Waals surface area contributed by atoms with Crippen molar-refractivity contribution in [3.8, 4) is 5.82 Å². The Morgan fingerprint density at radius 2 is 1.81 bits per heavy atom. The summed E-state index contributed by atoms with van der Waals surface area (Å²) >= 11 is 0. The van der Waals surface area contributed by atoms with Crippen molar-refractivity contribution in [3.05, 3.63) is 95.6 Å². The molecule has 1 aliphatic heterocycles. The zero-order valence-electron chi connectivity index (χ0n) is 20.3. The van der Waals surface area contributed by atoms with Crippen LogP contribution in [0.4, 0.5) is 10.2 Å². The maximum Gasteiger partial charge on any atom is 0.156 e. The minimum atomic E-state index is -0.225. The second-order valence-electron chi connectivity index (χ2n) is 9.93. The van der Waals surface area contributed by atoms with Gasteiger partial charge in [-0.25, -0.2) is 19.0 Å². The van der Waals surface area contributed by atoms with E-state index in [1.54, 1.807) is 16.9 Å². The van der Waals surface area contributed by atoms with Gasteiger partial charge in [0.1, 0.15) is 11.6 Å². The number of fused-ring (bicyclic) bond motifs is 1. The summed E-state index contributed by atoms with van der Waals surface area (Å²) in [6.45, 7) is 3.91. The lowest BCUT2D eigenvalue weighted by molar-refractivity contribution is 0.497. The van der Waals surface area contributed by atoms with E-state index in [4.69, 9.17) is 15.7 Å². The highest BCUT2D eigenvalue weighted by Gasteiger charge is 2.53. The van der Waals surface area contributed by atoms with Gasteiger partial charge in [0.15, 0.2) is 5.82 Å². The fraction of sp³-hybridized carbons (Fsp3) is 0.357. The molecule has 4 aromatic rings. The standard InChI is InChI=1S/C28H30FN7/c1-18-19(7-11-31-28(18)36-12-4-10-34-36)15-20-16-33-25(17-32-20)35-13-8-21-22(9-14-35)26(21)27(30)23-5-2-3-6-24(23)29/h2-7,10-12,16-17,21-22,26-27H,8-9,13-15,30H2,1H3/t21-,22+,26?,27?. The molecule has 2 fully saturated rings. The molecule has 0 spiro atoms. The zero-order chi connectivity index (χ0) is 24.6. The quantitative estimate of drug-likeness (QED) is 0.441. The van der Waals surface area contributed by atoms with Crippen LogP contribution in [-0.2, 0) is 6.42 Å². The summed E-state index contributed by atoms with van der Waals surface area (Å²) in [5.41, 5.74) is 10.3. The molecule has 1 saturated carbocycles. The van der Waals surface area contributed by atoms with Crippen LogP contribution in [0.1, 0.15) is 41.3 Å². The highest BCUT2D eigenvalue weighted by Crippen LogP contribution is 2.57. The van der Waals surface area contributed by atoms with Crippen molar-refractivity contribution < 1.29 is 4.39 Å². The molecule has 2 aliphatic rings. The highest BCUT2D eigenvalue weighted by molar-refractivity contribution is 5.41. The van der Waals surface area contributed by atoms with Gasteiger partial charge < -0.3 is 10.6 Å². The number of aromatic nitrogens is 5. The number of pyridine rings is 1. The summed E-state index contributed by atoms with van der Waals surface area (Å²) < 4.78 is 16.0. The van der Waals surface area contributed by atoms with Crippen LogP contribution in [0.25, 0.3) is 5.82 Å². The first-order valence-electron chi connectivity index (χ1n) is 12.6. The summed E-state index contributed by atoms with van der Waals surface area (Å²) in [5.74, 6) is 3.03. The van der Waals surface area contributed by atoms with E-state index >= 15 is 0 Å². The molecule has 1 aliphatic carbocycles. The van der Waals surface area contributed by atoms with E-state index in [0.717, 1.165) is 54.4 Å². The third-order valence-electron chi connectivity index (χ3n) is 7.94. The molecule has 0 radical (unpaired) electrons. The predicted octanol–water partition coefficient (Wildman–Crippen LogP) is 4.26. The monoisotopic (exact) mass is 483 g/mol. The first-order valence-corrected chi connectivity index (χ1v) is 12.6. The van der Waals surface area contributed by atoms with Gasteiger partial charge in [0.05, 0.1) is 18.1 Å². The Bertz CT molecular complexity index is 1320. The van der Waals surface area contributed by atoms with Crippen molar-refractivity contribution in [2.45, 2.75) is 32.2 Å². The smallest absolute Gasteiger partial charge is 0.156 e. The van der Waals surface area contributed by atoms with E-state index in [1.807, 2.05) is 49.1 Å². The number of benzene rings is 1. The third-order valence-corrected chi connectivity index (χ3v) is 7.94. The molecule has 0 bridgehead atoms. The molecule has 0 amide bonds. The van der Waals surface area contributed by atoms with Crippen LogP contribution >= 0.6 is 0 Å². The van der Waals surface area contributed by atoms with Crippen LogP contribution < -0.4 is 10.6 Å². The van der Waals surface area contributed by atoms with Crippen molar-refractivity contribution in [1.82, 2.24) is 24.7 Å². The summed E-state index contributed by atoms with van der Waals surface area (Å²) in [4.78, 5) is 16.3. The van der Waals surface area contributed by atoms with Gasteiger partial charge in [-0.3, -0.25) is 4.98 Å². The van der Waals surface area contributed by atoms with E-state index in [0.29, 0.717) is 29.7 Å². The van der Waals surface area contributed by atoms with Gasteiger partial charge in [0.2, 0.25) is 0 Å². The maximum absolute atomic E-state index is 14.2. The Morgan fingerprint density at radius 1 is 1.00 bits per heavy atom. The molecular weight excluding hydrogens is 453 g/mol. The molecule has 2 unspecified atom stereocenters. The molecule has 1 saturated heterocycles. The summed E-state index contributed by atoms with van der Waals surface area (Å²) in [5, 5.41) is 4.31. The zero-order valence-corrected chi connectivity index (χ0v) is 20.3. The van der Waals surface area contributed by atoms with Gasteiger partial charge in [-0.1, -0.05) is 18.2 Å². The molecule has 8 heteroatoms. The molecule has 7 nitrogen and oxygen atoms in total. The van der Waals surface area contributed by atoms with Crippen molar-refractivity contribution in [2.24, 2.45) is 23.5 Å². The lowest BCUT2D eigenvalue weighted by atomic mass is 9.99. The average Bonchev–Trinajstić information content (AvgIpc) is 3.39. The number of hydrogen-bond donors (Lipinski definition) is 1. The van der Waals surface area contributed by atoms with Gasteiger partial charge in [0.25, 0.3) is 0 Å². The Morgan fingerprint density at radius 3 is 2.50 bits per heavy atom. The Labute approximate surface area is 210 Å². The Balaban J connectivity index is 1.09. The molecule has 4 atom stereocenters. The molecule has 184 valence electrons. The van der Waals surface area contributed by atoms with Gasteiger partial charge in [-0.2, -0.15) is 5.10 Å². The van der Waals surface area contributed by atoms with Gasteiger partial charge in [-0.15, -0.1) is 0 Å². The van der Waals surface area contributed by atoms with Crippen molar-refractivity contribution in [3.63, 3.8) is 0 Å². The molecule has 2 N–H and O–H groups in total. The molecule has 3 aromatic heterocycles. The van der Waals surface area contributed by atoms with Crippen LogP contribution in [-0.4, -0.2) is 37.8 Å². The normalized spacial score (nSPS) is 22.1. The van der Waals surface area contributed by atoms with Crippen molar-refractivity contribution in [2.75, 3.05) is 18.0 Å². The first kappa shape index (κ1) is 22.8. The number of nitrogens with two attached hydrogens (primary N) is 1. The second-order valence-corrected chi connectivity index (χ2v) is 9.93. The number of halogens is 1. The minimum absolute atomic E-state index is 0.192. The van der Waals surface area contributed by atoms with E-state index in [9.17, 15) is 4.39 Å². The first-order chi connectivity index (χ1) is 17.6. The van der Waals surface area contributed by atoms with Gasteiger partial charge >= 0.3 is 0 Å². The number of hydrogen-bond acceptors (Lipinski definition) is 6. The van der Waals surface area contributed by atoms with Crippen LogP contribution in [0.3, 0.4) is 0 Å². The average molecular weight is 484 g/mol. The Hall–Kier alpha value is -3.65. The summed E-state index contributed by atoms with van der Waals surface area (Å²) in [6, 6.07) is 10.6. The lowest BCUT2D eigenvalue weighted by Crippen LogP contribution is -2.27. The van der Waals surface area contributed by atoms with Gasteiger partial charge in [0, 0.05) is 49.7 Å². The summed E-state index contributed by atoms with van der Waals surface area (Å²) in [7, 11) is 0. The minimum Gasteiger partial charge on any atom is -0.355 e. The Kier molecular flexibility index (Phi) is 5.97. The maximum atomic E-state index is 14.2. The number of anilines is 1. The van der Waals surface area contributed by atoms with Crippen LogP contribution in [0, 0.1) is 30.5 Å². The van der Waals surface area contributed by atoms with E-state index in [-0.39, 0.29) is 11.9 Å². The van der Waals surface area contributed by atoms with Crippen LogP contribution in [0.2, 0.25) is 0 Å². The van der Waals surface area contributed by atoms with E-state index < -0.39 is 0 Å². The fourth-order valence-electron chi connectivity index (χ4n) is 5.90. The molecule has 4 heterocycles. The van der Waals surface area contributed by atoms with Gasteiger partial charge in [-0.05, 0) is 66.8 Å². The second kappa shape index (κ2) is 9.43. The van der Waals surface area contributed by atoms with Crippen molar-refractivity contribution >= 4 is 5.82 Å². The third kappa shape index (κ3) is 4.26.